The molecule has 84 valence electrons. The molecule has 0 unspecified atom stereocenters. The average Bonchev–Trinajstić information content (AvgIpc) is 2.70. The largest absolute Gasteiger partial charge is 0.466 e. The van der Waals surface area contributed by atoms with E-state index < -0.39 is 0 Å². The van der Waals surface area contributed by atoms with Gasteiger partial charge in [-0.1, -0.05) is 0 Å². The first-order valence-corrected chi connectivity index (χ1v) is 6.14. The molecule has 0 radical (unpaired) electrons. The van der Waals surface area contributed by atoms with Gasteiger partial charge in [0, 0.05) is 13.0 Å². The topological polar surface area (TPSA) is 38.3 Å². The number of esters is 1. The summed E-state index contributed by atoms with van der Waals surface area (Å²) in [7, 11) is 0. The van der Waals surface area contributed by atoms with Crippen molar-refractivity contribution < 1.29 is 9.53 Å². The zero-order chi connectivity index (χ0) is 10.9. The minimum atomic E-state index is -0.102. The molecule has 15 heavy (non-hydrogen) atoms. The Balaban J connectivity index is 1.95. The molecule has 1 aromatic heterocycles. The second-order valence-electron chi connectivity index (χ2n) is 3.22. The maximum atomic E-state index is 11.0. The molecule has 4 heteroatoms. The van der Waals surface area contributed by atoms with E-state index in [2.05, 4.69) is 22.1 Å². The van der Waals surface area contributed by atoms with Crippen LogP contribution < -0.4 is 5.32 Å². The highest BCUT2D eigenvalue weighted by atomic mass is 32.1. The third kappa shape index (κ3) is 5.54. The van der Waals surface area contributed by atoms with Crippen LogP contribution in [-0.4, -0.2) is 19.1 Å². The van der Waals surface area contributed by atoms with Gasteiger partial charge in [0.05, 0.1) is 6.61 Å². The minimum absolute atomic E-state index is 0.102. The van der Waals surface area contributed by atoms with Crippen LogP contribution in [0.5, 0.6) is 0 Å². The average molecular weight is 227 g/mol. The van der Waals surface area contributed by atoms with Crippen LogP contribution in [0.2, 0.25) is 0 Å². The molecule has 0 spiro atoms. The first kappa shape index (κ1) is 12.2. The van der Waals surface area contributed by atoms with Gasteiger partial charge in [-0.15, -0.1) is 0 Å². The number of nitrogens with one attached hydrogen (secondary N) is 1. The van der Waals surface area contributed by atoms with Gasteiger partial charge in [0.25, 0.3) is 0 Å². The Morgan fingerprint density at radius 2 is 2.47 bits per heavy atom. The molecule has 0 bridgehead atoms. The van der Waals surface area contributed by atoms with E-state index in [1.54, 1.807) is 11.3 Å². The van der Waals surface area contributed by atoms with Crippen molar-refractivity contribution in [1.82, 2.24) is 5.32 Å². The van der Waals surface area contributed by atoms with E-state index in [-0.39, 0.29) is 5.97 Å². The Morgan fingerprint density at radius 3 is 3.13 bits per heavy atom. The number of hydrogen-bond donors (Lipinski definition) is 1. The van der Waals surface area contributed by atoms with Gasteiger partial charge in [0.2, 0.25) is 0 Å². The molecule has 0 saturated heterocycles. The van der Waals surface area contributed by atoms with Crippen molar-refractivity contribution in [2.75, 3.05) is 13.2 Å². The van der Waals surface area contributed by atoms with Gasteiger partial charge in [0.15, 0.2) is 0 Å². The summed E-state index contributed by atoms with van der Waals surface area (Å²) in [5, 5.41) is 7.47. The zero-order valence-corrected chi connectivity index (χ0v) is 9.81. The van der Waals surface area contributed by atoms with Gasteiger partial charge in [-0.3, -0.25) is 4.79 Å². The Morgan fingerprint density at radius 1 is 1.60 bits per heavy atom. The lowest BCUT2D eigenvalue weighted by Crippen LogP contribution is -2.16. The van der Waals surface area contributed by atoms with Crippen LogP contribution >= 0.6 is 11.3 Å². The van der Waals surface area contributed by atoms with Crippen molar-refractivity contribution in [3.8, 4) is 0 Å². The monoisotopic (exact) mass is 227 g/mol. The van der Waals surface area contributed by atoms with Crippen molar-refractivity contribution in [2.24, 2.45) is 0 Å². The molecule has 0 aliphatic carbocycles. The van der Waals surface area contributed by atoms with Crippen molar-refractivity contribution >= 4 is 17.3 Å². The van der Waals surface area contributed by atoms with Crippen LogP contribution in [0.1, 0.15) is 25.3 Å². The van der Waals surface area contributed by atoms with Crippen LogP contribution in [0.25, 0.3) is 0 Å². The number of ether oxygens (including phenoxy) is 1. The van der Waals surface area contributed by atoms with E-state index in [0.717, 1.165) is 19.5 Å². The lowest BCUT2D eigenvalue weighted by Gasteiger charge is -2.03. The molecule has 0 atom stereocenters. The summed E-state index contributed by atoms with van der Waals surface area (Å²) >= 11 is 1.70. The highest BCUT2D eigenvalue weighted by Gasteiger charge is 2.00. The first-order chi connectivity index (χ1) is 7.33. The van der Waals surface area contributed by atoms with Gasteiger partial charge in [-0.05, 0) is 42.3 Å². The third-order valence-electron chi connectivity index (χ3n) is 1.95. The quantitative estimate of drug-likeness (QED) is 0.573. The summed E-state index contributed by atoms with van der Waals surface area (Å²) in [4.78, 5) is 11.0. The van der Waals surface area contributed by atoms with Crippen LogP contribution in [0, 0.1) is 0 Å². The van der Waals surface area contributed by atoms with Crippen LogP contribution in [0.4, 0.5) is 0 Å². The molecular formula is C11H17NO2S. The van der Waals surface area contributed by atoms with Crippen LogP contribution in [0.3, 0.4) is 0 Å². The maximum absolute atomic E-state index is 11.0. The minimum Gasteiger partial charge on any atom is -0.466 e. The van der Waals surface area contributed by atoms with Gasteiger partial charge < -0.3 is 10.1 Å². The van der Waals surface area contributed by atoms with Crippen molar-refractivity contribution in [3.05, 3.63) is 22.4 Å². The Bertz CT molecular complexity index is 272. The fraction of sp³-hybridized carbons (Fsp3) is 0.545. The highest BCUT2D eigenvalue weighted by molar-refractivity contribution is 7.07. The summed E-state index contributed by atoms with van der Waals surface area (Å²) in [6, 6.07) is 2.10. The summed E-state index contributed by atoms with van der Waals surface area (Å²) < 4.78 is 4.83. The number of hydrogen-bond acceptors (Lipinski definition) is 4. The van der Waals surface area contributed by atoms with E-state index >= 15 is 0 Å². The van der Waals surface area contributed by atoms with Crippen LogP contribution in [0.15, 0.2) is 16.8 Å². The summed E-state index contributed by atoms with van der Waals surface area (Å²) in [6.45, 7) is 4.04. The molecule has 1 aromatic rings. The molecule has 0 saturated carbocycles. The summed E-state index contributed by atoms with van der Waals surface area (Å²) in [5.74, 6) is -0.102. The van der Waals surface area contributed by atoms with Crippen molar-refractivity contribution in [2.45, 2.75) is 26.3 Å². The van der Waals surface area contributed by atoms with Gasteiger partial charge in [-0.25, -0.2) is 0 Å². The van der Waals surface area contributed by atoms with Crippen molar-refractivity contribution in [1.29, 1.82) is 0 Å². The Labute approximate surface area is 94.5 Å². The lowest BCUT2D eigenvalue weighted by molar-refractivity contribution is -0.143. The number of thiophene rings is 1. The molecule has 1 N–H and O–H groups in total. The van der Waals surface area contributed by atoms with E-state index in [0.29, 0.717) is 13.0 Å². The van der Waals surface area contributed by atoms with Gasteiger partial charge in [-0.2, -0.15) is 11.3 Å². The molecule has 3 nitrogen and oxygen atoms in total. The summed E-state index contributed by atoms with van der Waals surface area (Å²) in [5.41, 5.74) is 1.30. The molecule has 0 amide bonds. The number of rotatable bonds is 7. The van der Waals surface area contributed by atoms with E-state index in [9.17, 15) is 4.79 Å². The molecular weight excluding hydrogens is 210 g/mol. The van der Waals surface area contributed by atoms with Crippen LogP contribution in [-0.2, 0) is 16.1 Å². The molecule has 0 aliphatic rings. The predicted molar refractivity (Wildman–Crippen MR) is 61.9 cm³/mol. The lowest BCUT2D eigenvalue weighted by atomic mass is 10.3. The predicted octanol–water partition coefficient (Wildman–Crippen LogP) is 2.18. The molecule has 0 aliphatic heterocycles. The van der Waals surface area contributed by atoms with Gasteiger partial charge >= 0.3 is 5.97 Å². The summed E-state index contributed by atoms with van der Waals surface area (Å²) in [6.07, 6.45) is 1.34. The van der Waals surface area contributed by atoms with Crippen molar-refractivity contribution in [3.63, 3.8) is 0 Å². The van der Waals surface area contributed by atoms with Gasteiger partial charge in [0.1, 0.15) is 0 Å². The number of carbonyl (C=O) groups excluding carboxylic acids is 1. The maximum Gasteiger partial charge on any atom is 0.305 e. The number of carbonyl (C=O) groups is 1. The Hall–Kier alpha value is -0.870. The zero-order valence-electron chi connectivity index (χ0n) is 8.99. The second kappa shape index (κ2) is 7.43. The molecule has 0 aromatic carbocycles. The molecule has 0 fully saturated rings. The normalized spacial score (nSPS) is 10.2. The smallest absolute Gasteiger partial charge is 0.305 e. The fourth-order valence-corrected chi connectivity index (χ4v) is 1.89. The first-order valence-electron chi connectivity index (χ1n) is 5.20. The standard InChI is InChI=1S/C11H17NO2S/c1-2-14-11(13)4-3-6-12-8-10-5-7-15-9-10/h5,7,9,12H,2-4,6,8H2,1H3. The van der Waals surface area contributed by atoms with E-state index in [1.165, 1.54) is 5.56 Å². The fourth-order valence-electron chi connectivity index (χ4n) is 1.22. The SMILES string of the molecule is CCOC(=O)CCCNCc1ccsc1. The third-order valence-corrected chi connectivity index (χ3v) is 2.68. The van der Waals surface area contributed by atoms with E-state index in [4.69, 9.17) is 4.74 Å². The highest BCUT2D eigenvalue weighted by Crippen LogP contribution is 2.04. The molecule has 1 rings (SSSR count). The second-order valence-corrected chi connectivity index (χ2v) is 4.00. The Kier molecular flexibility index (Phi) is 6.04. The van der Waals surface area contributed by atoms with E-state index in [1.807, 2.05) is 6.92 Å². The molecule has 1 heterocycles.